The standard InChI is InChI=1S/C14H18N2OS/c1-17-10-6-5-9-16-13(11-15-14(16)18)12-7-3-2-4-8-12/h2-4,7-8,11H,5-6,9-10H2,1H3,(H,15,18). The quantitative estimate of drug-likeness (QED) is 0.636. The molecule has 1 N–H and O–H groups in total. The average Bonchev–Trinajstić information content (AvgIpc) is 2.77. The van der Waals surface area contributed by atoms with Gasteiger partial charge in [-0.15, -0.1) is 0 Å². The van der Waals surface area contributed by atoms with Crippen molar-refractivity contribution in [3.8, 4) is 11.3 Å². The second-order valence-electron chi connectivity index (χ2n) is 4.20. The first-order valence-electron chi connectivity index (χ1n) is 6.15. The molecule has 3 nitrogen and oxygen atoms in total. The largest absolute Gasteiger partial charge is 0.385 e. The molecule has 1 heterocycles. The zero-order valence-electron chi connectivity index (χ0n) is 10.6. The Morgan fingerprint density at radius 1 is 1.22 bits per heavy atom. The van der Waals surface area contributed by atoms with Crippen LogP contribution in [0.5, 0.6) is 0 Å². The number of methoxy groups -OCH3 is 1. The Morgan fingerprint density at radius 3 is 2.72 bits per heavy atom. The van der Waals surface area contributed by atoms with E-state index >= 15 is 0 Å². The molecule has 0 fully saturated rings. The Labute approximate surface area is 112 Å². The summed E-state index contributed by atoms with van der Waals surface area (Å²) >= 11 is 5.33. The molecule has 96 valence electrons. The topological polar surface area (TPSA) is 29.9 Å². The van der Waals surface area contributed by atoms with E-state index in [1.165, 1.54) is 5.56 Å². The van der Waals surface area contributed by atoms with Crippen LogP contribution < -0.4 is 0 Å². The summed E-state index contributed by atoms with van der Waals surface area (Å²) in [5.74, 6) is 0. The van der Waals surface area contributed by atoms with E-state index in [0.717, 1.165) is 36.5 Å². The summed E-state index contributed by atoms with van der Waals surface area (Å²) in [4.78, 5) is 3.12. The first-order chi connectivity index (χ1) is 8.83. The molecule has 0 amide bonds. The summed E-state index contributed by atoms with van der Waals surface area (Å²) in [6.07, 6.45) is 4.10. The number of imidazole rings is 1. The molecular formula is C14H18N2OS. The summed E-state index contributed by atoms with van der Waals surface area (Å²) < 4.78 is 8.00. The second kappa shape index (κ2) is 6.52. The van der Waals surface area contributed by atoms with Crippen molar-refractivity contribution in [2.24, 2.45) is 0 Å². The lowest BCUT2D eigenvalue weighted by Gasteiger charge is -2.08. The van der Waals surface area contributed by atoms with Crippen molar-refractivity contribution in [2.45, 2.75) is 19.4 Å². The minimum absolute atomic E-state index is 0.784. The number of rotatable bonds is 6. The highest BCUT2D eigenvalue weighted by atomic mass is 32.1. The average molecular weight is 262 g/mol. The maximum Gasteiger partial charge on any atom is 0.177 e. The van der Waals surface area contributed by atoms with Crippen LogP contribution in [0.3, 0.4) is 0 Å². The van der Waals surface area contributed by atoms with Gasteiger partial charge in [-0.2, -0.15) is 0 Å². The zero-order chi connectivity index (χ0) is 12.8. The Hall–Kier alpha value is -1.39. The van der Waals surface area contributed by atoms with E-state index < -0.39 is 0 Å². The van der Waals surface area contributed by atoms with Gasteiger partial charge < -0.3 is 14.3 Å². The third kappa shape index (κ3) is 3.09. The first kappa shape index (κ1) is 13.1. The smallest absolute Gasteiger partial charge is 0.177 e. The van der Waals surface area contributed by atoms with Gasteiger partial charge in [0.2, 0.25) is 0 Å². The molecule has 4 heteroatoms. The van der Waals surface area contributed by atoms with Crippen LogP contribution in [0.1, 0.15) is 12.8 Å². The second-order valence-corrected chi connectivity index (χ2v) is 4.58. The zero-order valence-corrected chi connectivity index (χ0v) is 11.4. The number of aromatic amines is 1. The van der Waals surface area contributed by atoms with E-state index in [1.807, 2.05) is 24.4 Å². The molecule has 0 saturated carbocycles. The van der Waals surface area contributed by atoms with E-state index in [1.54, 1.807) is 7.11 Å². The van der Waals surface area contributed by atoms with Crippen LogP contribution in [-0.4, -0.2) is 23.3 Å². The number of unbranched alkanes of at least 4 members (excludes halogenated alkanes) is 1. The first-order valence-corrected chi connectivity index (χ1v) is 6.56. The fraction of sp³-hybridized carbons (Fsp3) is 0.357. The van der Waals surface area contributed by atoms with Gasteiger partial charge in [-0.3, -0.25) is 0 Å². The van der Waals surface area contributed by atoms with Crippen molar-refractivity contribution in [3.63, 3.8) is 0 Å². The molecule has 0 aliphatic rings. The minimum Gasteiger partial charge on any atom is -0.385 e. The van der Waals surface area contributed by atoms with Crippen molar-refractivity contribution in [3.05, 3.63) is 41.3 Å². The number of aromatic nitrogens is 2. The highest BCUT2D eigenvalue weighted by molar-refractivity contribution is 7.71. The van der Waals surface area contributed by atoms with Crippen LogP contribution >= 0.6 is 12.2 Å². The van der Waals surface area contributed by atoms with Crippen LogP contribution in [0.4, 0.5) is 0 Å². The number of nitrogens with zero attached hydrogens (tertiary/aromatic N) is 1. The molecule has 1 aromatic heterocycles. The molecule has 0 atom stereocenters. The lowest BCUT2D eigenvalue weighted by Crippen LogP contribution is -2.02. The van der Waals surface area contributed by atoms with E-state index in [4.69, 9.17) is 17.0 Å². The molecule has 0 aliphatic heterocycles. The van der Waals surface area contributed by atoms with Crippen LogP contribution in [0.25, 0.3) is 11.3 Å². The maximum absolute atomic E-state index is 5.33. The molecule has 0 spiro atoms. The van der Waals surface area contributed by atoms with Gasteiger partial charge in [-0.1, -0.05) is 30.3 Å². The number of H-pyrrole nitrogens is 1. The van der Waals surface area contributed by atoms with Crippen molar-refractivity contribution in [1.82, 2.24) is 9.55 Å². The molecule has 0 saturated heterocycles. The molecular weight excluding hydrogens is 244 g/mol. The summed E-state index contributed by atoms with van der Waals surface area (Å²) in [6, 6.07) is 10.3. The van der Waals surface area contributed by atoms with Gasteiger partial charge in [0, 0.05) is 26.5 Å². The predicted octanol–water partition coefficient (Wildman–Crippen LogP) is 3.64. The highest BCUT2D eigenvalue weighted by Crippen LogP contribution is 2.19. The van der Waals surface area contributed by atoms with Gasteiger partial charge in [0.05, 0.1) is 5.69 Å². The third-order valence-corrected chi connectivity index (χ3v) is 3.26. The third-order valence-electron chi connectivity index (χ3n) is 2.92. The lowest BCUT2D eigenvalue weighted by atomic mass is 10.1. The minimum atomic E-state index is 0.784. The van der Waals surface area contributed by atoms with E-state index in [0.29, 0.717) is 0 Å². The van der Waals surface area contributed by atoms with Crippen molar-refractivity contribution in [1.29, 1.82) is 0 Å². The molecule has 18 heavy (non-hydrogen) atoms. The van der Waals surface area contributed by atoms with Crippen LogP contribution in [0.15, 0.2) is 36.5 Å². The Bertz CT molecular complexity index is 530. The molecule has 2 rings (SSSR count). The van der Waals surface area contributed by atoms with E-state index in [-0.39, 0.29) is 0 Å². The molecule has 2 aromatic rings. The fourth-order valence-electron chi connectivity index (χ4n) is 1.98. The maximum atomic E-state index is 5.33. The number of hydrogen-bond donors (Lipinski definition) is 1. The Morgan fingerprint density at radius 2 is 2.00 bits per heavy atom. The van der Waals surface area contributed by atoms with Gasteiger partial charge in [-0.25, -0.2) is 0 Å². The summed E-state index contributed by atoms with van der Waals surface area (Å²) in [7, 11) is 1.73. The molecule has 1 aromatic carbocycles. The van der Waals surface area contributed by atoms with E-state index in [9.17, 15) is 0 Å². The molecule has 0 radical (unpaired) electrons. The van der Waals surface area contributed by atoms with Gasteiger partial charge in [-0.05, 0) is 30.6 Å². The Balaban J connectivity index is 2.15. The van der Waals surface area contributed by atoms with Gasteiger partial charge in [0.25, 0.3) is 0 Å². The van der Waals surface area contributed by atoms with E-state index in [2.05, 4.69) is 21.7 Å². The number of ether oxygens (including phenoxy) is 1. The van der Waals surface area contributed by atoms with Gasteiger partial charge in [0.15, 0.2) is 4.77 Å². The number of hydrogen-bond acceptors (Lipinski definition) is 2. The molecule has 0 bridgehead atoms. The van der Waals surface area contributed by atoms with Crippen molar-refractivity contribution >= 4 is 12.2 Å². The van der Waals surface area contributed by atoms with Gasteiger partial charge in [0.1, 0.15) is 0 Å². The fourth-order valence-corrected chi connectivity index (χ4v) is 2.23. The molecule has 0 unspecified atom stereocenters. The summed E-state index contributed by atoms with van der Waals surface area (Å²) in [5, 5.41) is 0. The number of benzene rings is 1. The summed E-state index contributed by atoms with van der Waals surface area (Å²) in [6.45, 7) is 1.73. The van der Waals surface area contributed by atoms with Crippen LogP contribution in [-0.2, 0) is 11.3 Å². The normalized spacial score (nSPS) is 10.7. The SMILES string of the molecule is COCCCCn1c(-c2ccccc2)c[nH]c1=S. The lowest BCUT2D eigenvalue weighted by molar-refractivity contribution is 0.191. The van der Waals surface area contributed by atoms with Crippen LogP contribution in [0.2, 0.25) is 0 Å². The monoisotopic (exact) mass is 262 g/mol. The van der Waals surface area contributed by atoms with Gasteiger partial charge >= 0.3 is 0 Å². The molecule has 0 aliphatic carbocycles. The van der Waals surface area contributed by atoms with Crippen LogP contribution in [0, 0.1) is 4.77 Å². The van der Waals surface area contributed by atoms with Crippen molar-refractivity contribution < 1.29 is 4.74 Å². The number of nitrogens with one attached hydrogen (secondary N) is 1. The van der Waals surface area contributed by atoms with Crippen molar-refractivity contribution in [2.75, 3.05) is 13.7 Å². The highest BCUT2D eigenvalue weighted by Gasteiger charge is 2.05. The summed E-state index contributed by atoms with van der Waals surface area (Å²) in [5.41, 5.74) is 2.34. The predicted molar refractivity (Wildman–Crippen MR) is 76.2 cm³/mol. The Kier molecular flexibility index (Phi) is 4.73.